The van der Waals surface area contributed by atoms with Crippen LogP contribution < -0.4 is 0 Å². The lowest BCUT2D eigenvalue weighted by Crippen LogP contribution is -2.28. The molecule has 0 radical (unpaired) electrons. The fraction of sp³-hybridized carbons (Fsp3) is 0.444. The number of carboxylic acid groups (broad SMARTS) is 1. The number of aryl methyl sites for hydroxylation is 1. The van der Waals surface area contributed by atoms with Crippen molar-refractivity contribution >= 4 is 27.9 Å². The second-order valence-electron chi connectivity index (χ2n) is 6.99. The maximum absolute atomic E-state index is 13.0. The third-order valence-electron chi connectivity index (χ3n) is 5.35. The summed E-state index contributed by atoms with van der Waals surface area (Å²) in [5.41, 5.74) is 2.51. The van der Waals surface area contributed by atoms with E-state index in [1.807, 2.05) is 10.8 Å². The molecule has 0 atom stereocenters. The average molecular weight is 365 g/mol. The van der Waals surface area contributed by atoms with E-state index >= 15 is 0 Å². The number of fused-ring (bicyclic) bond motifs is 3. The monoisotopic (exact) mass is 365 g/mol. The zero-order valence-electron chi connectivity index (χ0n) is 14.1. The highest BCUT2D eigenvalue weighted by molar-refractivity contribution is 6.08. The van der Waals surface area contributed by atoms with Gasteiger partial charge in [-0.2, -0.15) is 18.3 Å². The Morgan fingerprint density at radius 2 is 1.88 bits per heavy atom. The van der Waals surface area contributed by atoms with Crippen LogP contribution in [0, 0.1) is 5.92 Å². The standard InChI is InChI=1S/C18H18F3N3O2/c1-23-9-15-16(22-23)13-8-10(17(25)26)2-7-14(13)24(15)12-5-3-11(4-6-12)18(19,20)21/h2,7-9,11-12H,3-6H2,1H3,(H,25,26)/t11-,12-. The summed E-state index contributed by atoms with van der Waals surface area (Å²) in [7, 11) is 1.78. The van der Waals surface area contributed by atoms with Gasteiger partial charge in [0.1, 0.15) is 5.52 Å². The van der Waals surface area contributed by atoms with Crippen LogP contribution in [0.5, 0.6) is 0 Å². The lowest BCUT2D eigenvalue weighted by atomic mass is 9.85. The first-order valence-electron chi connectivity index (χ1n) is 8.53. The Kier molecular flexibility index (Phi) is 3.75. The number of carboxylic acids is 1. The van der Waals surface area contributed by atoms with Crippen molar-refractivity contribution in [1.82, 2.24) is 14.3 Å². The molecule has 1 N–H and O–H groups in total. The van der Waals surface area contributed by atoms with Crippen LogP contribution in [-0.2, 0) is 7.05 Å². The molecule has 3 aromatic rings. The Balaban J connectivity index is 1.80. The molecule has 1 aliphatic rings. The SMILES string of the molecule is Cn1cc2c(n1)c1cc(C(=O)O)ccc1n2[C@H]1CC[C@H](C(F)(F)F)CC1. The van der Waals surface area contributed by atoms with Gasteiger partial charge in [-0.3, -0.25) is 4.68 Å². The minimum Gasteiger partial charge on any atom is -0.478 e. The number of hydrogen-bond donors (Lipinski definition) is 1. The average Bonchev–Trinajstić information content (AvgIpc) is 3.08. The Morgan fingerprint density at radius 1 is 1.19 bits per heavy atom. The molecule has 4 rings (SSSR count). The predicted octanol–water partition coefficient (Wildman–Crippen LogP) is 4.52. The number of carbonyl (C=O) groups is 1. The Hall–Kier alpha value is -2.51. The number of benzene rings is 1. The molecule has 0 saturated heterocycles. The van der Waals surface area contributed by atoms with Crippen molar-refractivity contribution in [2.24, 2.45) is 13.0 Å². The van der Waals surface area contributed by atoms with Crippen molar-refractivity contribution in [1.29, 1.82) is 0 Å². The van der Waals surface area contributed by atoms with Crippen molar-refractivity contribution in [2.45, 2.75) is 37.9 Å². The van der Waals surface area contributed by atoms with Crippen LogP contribution in [0.1, 0.15) is 42.1 Å². The van der Waals surface area contributed by atoms with Gasteiger partial charge in [-0.15, -0.1) is 0 Å². The molecule has 1 aliphatic carbocycles. The number of aromatic nitrogens is 3. The van der Waals surface area contributed by atoms with Gasteiger partial charge >= 0.3 is 12.1 Å². The summed E-state index contributed by atoms with van der Waals surface area (Å²) in [5, 5.41) is 14.4. The third-order valence-corrected chi connectivity index (χ3v) is 5.35. The quantitative estimate of drug-likeness (QED) is 0.726. The molecule has 0 bridgehead atoms. The molecule has 26 heavy (non-hydrogen) atoms. The highest BCUT2D eigenvalue weighted by Crippen LogP contribution is 2.43. The van der Waals surface area contributed by atoms with Crippen LogP contribution in [0.4, 0.5) is 13.2 Å². The number of aromatic carboxylic acids is 1. The topological polar surface area (TPSA) is 60.1 Å². The molecule has 0 unspecified atom stereocenters. The van der Waals surface area contributed by atoms with E-state index in [0.29, 0.717) is 18.4 Å². The number of alkyl halides is 3. The Bertz CT molecular complexity index is 995. The molecule has 8 heteroatoms. The minimum absolute atomic E-state index is 0.0477. The van der Waals surface area contributed by atoms with Crippen molar-refractivity contribution in [3.05, 3.63) is 30.0 Å². The summed E-state index contributed by atoms with van der Waals surface area (Å²) in [6, 6.07) is 4.80. The summed E-state index contributed by atoms with van der Waals surface area (Å²) in [6.07, 6.45) is -1.18. The van der Waals surface area contributed by atoms with Crippen molar-refractivity contribution < 1.29 is 23.1 Å². The van der Waals surface area contributed by atoms with E-state index in [1.54, 1.807) is 23.9 Å². The van der Waals surface area contributed by atoms with Crippen LogP contribution >= 0.6 is 0 Å². The van der Waals surface area contributed by atoms with Crippen LogP contribution in [0.25, 0.3) is 21.9 Å². The molecule has 1 aromatic carbocycles. The summed E-state index contributed by atoms with van der Waals surface area (Å²) in [6.45, 7) is 0. The largest absolute Gasteiger partial charge is 0.478 e. The van der Waals surface area contributed by atoms with E-state index in [1.165, 1.54) is 6.07 Å². The van der Waals surface area contributed by atoms with Gasteiger partial charge in [-0.25, -0.2) is 4.79 Å². The van der Waals surface area contributed by atoms with Gasteiger partial charge in [-0.1, -0.05) is 0 Å². The molecule has 1 fully saturated rings. The molecule has 1 saturated carbocycles. The summed E-state index contributed by atoms with van der Waals surface area (Å²) in [5.74, 6) is -2.25. The molecule has 0 spiro atoms. The van der Waals surface area contributed by atoms with Gasteiger partial charge < -0.3 is 9.67 Å². The molecule has 138 valence electrons. The lowest BCUT2D eigenvalue weighted by Gasteiger charge is -2.31. The first-order chi connectivity index (χ1) is 12.3. The number of hydrogen-bond acceptors (Lipinski definition) is 2. The van der Waals surface area contributed by atoms with Gasteiger partial charge in [-0.05, 0) is 43.9 Å². The minimum atomic E-state index is -4.14. The van der Waals surface area contributed by atoms with Gasteiger partial charge in [0.2, 0.25) is 0 Å². The van der Waals surface area contributed by atoms with E-state index in [0.717, 1.165) is 16.4 Å². The molecule has 5 nitrogen and oxygen atoms in total. The summed E-state index contributed by atoms with van der Waals surface area (Å²) in [4.78, 5) is 11.3. The van der Waals surface area contributed by atoms with Crippen molar-refractivity contribution in [3.8, 4) is 0 Å². The summed E-state index contributed by atoms with van der Waals surface area (Å²) >= 11 is 0. The van der Waals surface area contributed by atoms with E-state index in [9.17, 15) is 23.1 Å². The van der Waals surface area contributed by atoms with Crippen LogP contribution in [0.15, 0.2) is 24.4 Å². The van der Waals surface area contributed by atoms with E-state index in [4.69, 9.17) is 0 Å². The fourth-order valence-corrected chi connectivity index (χ4v) is 4.10. The van der Waals surface area contributed by atoms with Gasteiger partial charge in [0.05, 0.1) is 22.5 Å². The number of nitrogens with zero attached hydrogens (tertiary/aromatic N) is 3. The van der Waals surface area contributed by atoms with E-state index in [2.05, 4.69) is 5.10 Å². The lowest BCUT2D eigenvalue weighted by molar-refractivity contribution is -0.183. The van der Waals surface area contributed by atoms with Crippen molar-refractivity contribution in [3.63, 3.8) is 0 Å². The smallest absolute Gasteiger partial charge is 0.391 e. The highest BCUT2D eigenvalue weighted by atomic mass is 19.4. The van der Waals surface area contributed by atoms with E-state index < -0.39 is 18.1 Å². The number of halogens is 3. The van der Waals surface area contributed by atoms with Crippen LogP contribution in [-0.4, -0.2) is 31.6 Å². The number of rotatable bonds is 2. The maximum atomic E-state index is 13.0. The summed E-state index contributed by atoms with van der Waals surface area (Å²) < 4.78 is 42.6. The zero-order valence-corrected chi connectivity index (χ0v) is 14.1. The molecular formula is C18H18F3N3O2. The maximum Gasteiger partial charge on any atom is 0.391 e. The molecular weight excluding hydrogens is 347 g/mol. The Morgan fingerprint density at radius 3 is 2.50 bits per heavy atom. The van der Waals surface area contributed by atoms with Gasteiger partial charge in [0.25, 0.3) is 0 Å². The second-order valence-corrected chi connectivity index (χ2v) is 6.99. The normalized spacial score (nSPS) is 21.5. The van der Waals surface area contributed by atoms with Crippen LogP contribution in [0.3, 0.4) is 0 Å². The van der Waals surface area contributed by atoms with Crippen LogP contribution in [0.2, 0.25) is 0 Å². The molecule has 0 amide bonds. The first kappa shape index (κ1) is 16.9. The molecule has 0 aliphatic heterocycles. The third kappa shape index (κ3) is 2.64. The highest BCUT2D eigenvalue weighted by Gasteiger charge is 2.42. The fourth-order valence-electron chi connectivity index (χ4n) is 4.10. The van der Waals surface area contributed by atoms with Crippen molar-refractivity contribution in [2.75, 3.05) is 0 Å². The zero-order chi connectivity index (χ0) is 18.6. The molecule has 2 heterocycles. The first-order valence-corrected chi connectivity index (χ1v) is 8.53. The Labute approximate surface area is 147 Å². The van der Waals surface area contributed by atoms with E-state index in [-0.39, 0.29) is 24.4 Å². The predicted molar refractivity (Wildman–Crippen MR) is 90.2 cm³/mol. The van der Waals surface area contributed by atoms with Gasteiger partial charge in [0.15, 0.2) is 0 Å². The van der Waals surface area contributed by atoms with Gasteiger partial charge in [0, 0.05) is 24.7 Å². The second kappa shape index (κ2) is 5.75. The molecule has 2 aromatic heterocycles.